The summed E-state index contributed by atoms with van der Waals surface area (Å²) in [6, 6.07) is 4.93. The maximum Gasteiger partial charge on any atom is 0.325 e. The largest absolute Gasteiger partial charge is 0.480 e. The Kier molecular flexibility index (Phi) is 5.67. The summed E-state index contributed by atoms with van der Waals surface area (Å²) in [7, 11) is 0. The minimum absolute atomic E-state index is 0.277. The second kappa shape index (κ2) is 7.25. The Morgan fingerprint density at radius 1 is 1.15 bits per heavy atom. The van der Waals surface area contributed by atoms with Crippen molar-refractivity contribution in [3.05, 3.63) is 35.4 Å². The maximum atomic E-state index is 11.7. The molecule has 0 aromatic heterocycles. The summed E-state index contributed by atoms with van der Waals surface area (Å²) in [5, 5.41) is 13.6. The van der Waals surface area contributed by atoms with E-state index < -0.39 is 17.9 Å². The summed E-state index contributed by atoms with van der Waals surface area (Å²) < 4.78 is 0. The molecular weight excluding hydrogens is 262 g/mol. The highest BCUT2D eigenvalue weighted by molar-refractivity contribution is 5.98. The molecule has 1 rings (SSSR count). The molecule has 1 aromatic carbocycles. The molecule has 0 bridgehead atoms. The van der Waals surface area contributed by atoms with Crippen LogP contribution in [0.2, 0.25) is 0 Å². The van der Waals surface area contributed by atoms with Gasteiger partial charge in [0.05, 0.1) is 0 Å². The van der Waals surface area contributed by atoms with E-state index in [9.17, 15) is 14.4 Å². The van der Waals surface area contributed by atoms with Crippen molar-refractivity contribution in [2.24, 2.45) is 5.73 Å². The molecule has 0 aliphatic carbocycles. The first-order valence-electron chi connectivity index (χ1n) is 6.07. The molecule has 5 N–H and O–H groups in total. The Labute approximate surface area is 116 Å². The highest BCUT2D eigenvalue weighted by atomic mass is 16.4. The Morgan fingerprint density at radius 3 is 2.10 bits per heavy atom. The normalized spacial score (nSPS) is 11.5. The van der Waals surface area contributed by atoms with Crippen LogP contribution in [-0.4, -0.2) is 42.0 Å². The number of carbonyl (C=O) groups excluding carboxylic acids is 2. The van der Waals surface area contributed by atoms with Crippen molar-refractivity contribution < 1.29 is 19.5 Å². The summed E-state index contributed by atoms with van der Waals surface area (Å²) in [5.41, 5.74) is 5.96. The van der Waals surface area contributed by atoms with Gasteiger partial charge in [-0.25, -0.2) is 0 Å². The molecule has 108 valence electrons. The highest BCUT2D eigenvalue weighted by Crippen LogP contribution is 2.05. The van der Waals surface area contributed by atoms with E-state index >= 15 is 0 Å². The van der Waals surface area contributed by atoms with E-state index in [4.69, 9.17) is 10.8 Å². The zero-order valence-electron chi connectivity index (χ0n) is 11.1. The van der Waals surface area contributed by atoms with Crippen LogP contribution in [0, 0.1) is 0 Å². The molecule has 1 aromatic rings. The van der Waals surface area contributed by atoms with Crippen LogP contribution in [0.15, 0.2) is 24.3 Å². The average molecular weight is 279 g/mol. The molecule has 20 heavy (non-hydrogen) atoms. The second-order valence-corrected chi connectivity index (χ2v) is 4.16. The van der Waals surface area contributed by atoms with Crippen LogP contribution in [0.1, 0.15) is 27.6 Å². The quantitative estimate of drug-likeness (QED) is 0.563. The fraction of sp³-hybridized carbons (Fsp3) is 0.308. The van der Waals surface area contributed by atoms with Gasteiger partial charge < -0.3 is 21.5 Å². The van der Waals surface area contributed by atoms with Gasteiger partial charge in [0.2, 0.25) is 0 Å². The second-order valence-electron chi connectivity index (χ2n) is 4.16. The van der Waals surface area contributed by atoms with E-state index in [1.165, 1.54) is 31.2 Å². The van der Waals surface area contributed by atoms with Crippen LogP contribution < -0.4 is 16.4 Å². The van der Waals surface area contributed by atoms with Gasteiger partial charge in [-0.2, -0.15) is 0 Å². The predicted molar refractivity (Wildman–Crippen MR) is 72.4 cm³/mol. The summed E-state index contributed by atoms with van der Waals surface area (Å²) in [6.07, 6.45) is 0. The molecule has 1 atom stereocenters. The van der Waals surface area contributed by atoms with E-state index in [1.807, 2.05) is 0 Å². The van der Waals surface area contributed by atoms with Crippen LogP contribution in [0.3, 0.4) is 0 Å². The van der Waals surface area contributed by atoms with Gasteiger partial charge in [-0.05, 0) is 31.2 Å². The molecule has 2 amide bonds. The van der Waals surface area contributed by atoms with Crippen LogP contribution >= 0.6 is 0 Å². The van der Waals surface area contributed by atoms with Crippen molar-refractivity contribution in [2.45, 2.75) is 13.0 Å². The topological polar surface area (TPSA) is 122 Å². The fourth-order valence-electron chi connectivity index (χ4n) is 1.40. The van der Waals surface area contributed by atoms with Gasteiger partial charge in [-0.1, -0.05) is 0 Å². The van der Waals surface area contributed by atoms with Crippen LogP contribution in [-0.2, 0) is 4.79 Å². The lowest BCUT2D eigenvalue weighted by Gasteiger charge is -2.09. The van der Waals surface area contributed by atoms with Gasteiger partial charge >= 0.3 is 5.97 Å². The van der Waals surface area contributed by atoms with Gasteiger partial charge in [-0.3, -0.25) is 14.4 Å². The molecule has 0 unspecified atom stereocenters. The summed E-state index contributed by atoms with van der Waals surface area (Å²) in [6.45, 7) is 2.09. The zero-order chi connectivity index (χ0) is 15.1. The lowest BCUT2D eigenvalue weighted by molar-refractivity contribution is -0.138. The summed E-state index contributed by atoms with van der Waals surface area (Å²) >= 11 is 0. The van der Waals surface area contributed by atoms with Gasteiger partial charge in [0.25, 0.3) is 11.8 Å². The van der Waals surface area contributed by atoms with Crippen LogP contribution in [0.5, 0.6) is 0 Å². The Hall–Kier alpha value is -2.41. The molecule has 0 saturated carbocycles. The number of carboxylic acid groups (broad SMARTS) is 1. The molecule has 0 heterocycles. The third-order valence-electron chi connectivity index (χ3n) is 2.56. The monoisotopic (exact) mass is 279 g/mol. The van der Waals surface area contributed by atoms with E-state index in [0.717, 1.165) is 0 Å². The number of hydrogen-bond donors (Lipinski definition) is 4. The minimum atomic E-state index is -1.11. The first-order chi connectivity index (χ1) is 9.45. The summed E-state index contributed by atoms with van der Waals surface area (Å²) in [4.78, 5) is 34.0. The number of nitrogens with one attached hydrogen (secondary N) is 2. The van der Waals surface area contributed by atoms with E-state index in [1.54, 1.807) is 0 Å². The van der Waals surface area contributed by atoms with Gasteiger partial charge in [0, 0.05) is 24.2 Å². The number of carbonyl (C=O) groups is 3. The molecule has 7 heteroatoms. The van der Waals surface area contributed by atoms with Crippen molar-refractivity contribution in [1.29, 1.82) is 0 Å². The van der Waals surface area contributed by atoms with Crippen molar-refractivity contribution >= 4 is 17.8 Å². The smallest absolute Gasteiger partial charge is 0.325 e. The number of amides is 2. The molecule has 0 saturated heterocycles. The van der Waals surface area contributed by atoms with Crippen molar-refractivity contribution in [3.63, 3.8) is 0 Å². The first kappa shape index (κ1) is 15.6. The number of nitrogens with two attached hydrogens (primary N) is 1. The molecule has 7 nitrogen and oxygen atoms in total. The zero-order valence-corrected chi connectivity index (χ0v) is 11.1. The van der Waals surface area contributed by atoms with Crippen LogP contribution in [0.4, 0.5) is 0 Å². The third kappa shape index (κ3) is 4.36. The Bertz CT molecular complexity index is 499. The first-order valence-corrected chi connectivity index (χ1v) is 6.07. The van der Waals surface area contributed by atoms with Gasteiger partial charge in [0.1, 0.15) is 6.04 Å². The lowest BCUT2D eigenvalue weighted by Crippen LogP contribution is -2.38. The summed E-state index contributed by atoms with van der Waals surface area (Å²) in [5.74, 6) is -1.90. The number of rotatable bonds is 6. The molecule has 0 aliphatic rings. The molecule has 0 aliphatic heterocycles. The third-order valence-corrected chi connectivity index (χ3v) is 2.56. The lowest BCUT2D eigenvalue weighted by atomic mass is 10.1. The number of benzene rings is 1. The fourth-order valence-corrected chi connectivity index (χ4v) is 1.40. The van der Waals surface area contributed by atoms with Crippen molar-refractivity contribution in [3.8, 4) is 0 Å². The molecule has 0 spiro atoms. The average Bonchev–Trinajstić information content (AvgIpc) is 2.44. The van der Waals surface area contributed by atoms with E-state index in [0.29, 0.717) is 18.7 Å². The number of aliphatic carboxylic acids is 1. The van der Waals surface area contributed by atoms with Gasteiger partial charge in [-0.15, -0.1) is 0 Å². The predicted octanol–water partition coefficient (Wildman–Crippen LogP) is -0.422. The maximum absolute atomic E-state index is 11.7. The van der Waals surface area contributed by atoms with Crippen LogP contribution in [0.25, 0.3) is 0 Å². The molecule has 0 fully saturated rings. The number of hydrogen-bond acceptors (Lipinski definition) is 4. The molecular formula is C13H17N3O4. The van der Waals surface area contributed by atoms with E-state index in [2.05, 4.69) is 10.6 Å². The van der Waals surface area contributed by atoms with Crippen molar-refractivity contribution in [1.82, 2.24) is 10.6 Å². The highest BCUT2D eigenvalue weighted by Gasteiger charge is 2.15. The molecule has 0 radical (unpaired) electrons. The standard InChI is InChI=1S/C13H17N3O4/c1-8(13(19)20)16-12(18)10-4-2-9(3-5-10)11(17)15-7-6-14/h2-5,8H,6-7,14H2,1H3,(H,15,17)(H,16,18)(H,19,20)/t8-/m0/s1. The number of carboxylic acids is 1. The SMILES string of the molecule is C[C@H](NC(=O)c1ccc(C(=O)NCCN)cc1)C(=O)O. The Balaban J connectivity index is 2.68. The minimum Gasteiger partial charge on any atom is -0.480 e. The van der Waals surface area contributed by atoms with Gasteiger partial charge in [0.15, 0.2) is 0 Å². The van der Waals surface area contributed by atoms with E-state index in [-0.39, 0.29) is 11.5 Å². The Morgan fingerprint density at radius 2 is 1.65 bits per heavy atom. The van der Waals surface area contributed by atoms with Crippen molar-refractivity contribution in [2.75, 3.05) is 13.1 Å².